The van der Waals surface area contributed by atoms with Crippen LogP contribution in [0.25, 0.3) is 10.2 Å². The molecule has 5 rings (SSSR count). The number of thiophene rings is 1. The molecular weight excluding hydrogens is 398 g/mol. The number of aromatic nitrogens is 3. The zero-order valence-electron chi connectivity index (χ0n) is 16.0. The topological polar surface area (TPSA) is 47.9 Å². The molecule has 4 aromatic rings. The second kappa shape index (κ2) is 8.51. The van der Waals surface area contributed by atoms with Gasteiger partial charge in [-0.1, -0.05) is 24.3 Å². The fourth-order valence-electron chi connectivity index (χ4n) is 3.63. The van der Waals surface area contributed by atoms with Crippen molar-refractivity contribution in [2.24, 2.45) is 0 Å². The fraction of sp³-hybridized carbons (Fsp3) is 0.261. The first-order valence-corrected chi connectivity index (χ1v) is 11.7. The highest BCUT2D eigenvalue weighted by Crippen LogP contribution is 2.40. The number of thioether (sulfide) groups is 1. The molecule has 1 aliphatic carbocycles. The number of hydrogen-bond donors (Lipinski definition) is 0. The zero-order chi connectivity index (χ0) is 19.5. The minimum absolute atomic E-state index is 0.378. The Morgan fingerprint density at radius 3 is 2.76 bits per heavy atom. The summed E-state index contributed by atoms with van der Waals surface area (Å²) < 4.78 is 5.92. The van der Waals surface area contributed by atoms with Crippen molar-refractivity contribution in [1.29, 1.82) is 0 Å². The summed E-state index contributed by atoms with van der Waals surface area (Å²) in [6.45, 7) is 0.378. The highest BCUT2D eigenvalue weighted by molar-refractivity contribution is 7.98. The molecule has 6 heteroatoms. The molecule has 0 unspecified atom stereocenters. The van der Waals surface area contributed by atoms with E-state index in [0.29, 0.717) is 6.61 Å². The van der Waals surface area contributed by atoms with Gasteiger partial charge in [-0.15, -0.1) is 23.1 Å². The first-order valence-electron chi connectivity index (χ1n) is 9.87. The normalized spacial score (nSPS) is 13.4. The predicted molar refractivity (Wildman–Crippen MR) is 119 cm³/mol. The Balaban J connectivity index is 1.48. The predicted octanol–water partition coefficient (Wildman–Crippen LogP) is 5.84. The van der Waals surface area contributed by atoms with Gasteiger partial charge < -0.3 is 4.74 Å². The molecular formula is C23H21N3OS2. The van der Waals surface area contributed by atoms with Gasteiger partial charge in [-0.25, -0.2) is 9.97 Å². The van der Waals surface area contributed by atoms with Crippen molar-refractivity contribution in [3.05, 3.63) is 76.7 Å². The van der Waals surface area contributed by atoms with Crippen molar-refractivity contribution < 1.29 is 4.74 Å². The third kappa shape index (κ3) is 4.14. The minimum atomic E-state index is 0.378. The van der Waals surface area contributed by atoms with E-state index in [1.807, 2.05) is 60.1 Å². The lowest BCUT2D eigenvalue weighted by Gasteiger charge is -2.12. The number of ether oxygens (including phenoxy) is 1. The summed E-state index contributed by atoms with van der Waals surface area (Å²) in [5, 5.41) is 2.34. The van der Waals surface area contributed by atoms with E-state index in [1.54, 1.807) is 11.8 Å². The van der Waals surface area contributed by atoms with Crippen LogP contribution in [-0.4, -0.2) is 15.0 Å². The molecule has 1 aliphatic rings. The van der Waals surface area contributed by atoms with Gasteiger partial charge in [0.2, 0.25) is 0 Å². The Morgan fingerprint density at radius 1 is 1.00 bits per heavy atom. The molecule has 29 heavy (non-hydrogen) atoms. The molecule has 0 radical (unpaired) electrons. The average Bonchev–Trinajstić information content (AvgIpc) is 3.16. The number of nitrogens with zero attached hydrogens (tertiary/aromatic N) is 3. The molecule has 0 saturated heterocycles. The summed E-state index contributed by atoms with van der Waals surface area (Å²) in [6, 6.07) is 13.9. The lowest BCUT2D eigenvalue weighted by atomic mass is 9.97. The van der Waals surface area contributed by atoms with Gasteiger partial charge in [0, 0.05) is 28.4 Å². The van der Waals surface area contributed by atoms with E-state index in [2.05, 4.69) is 11.1 Å². The summed E-state index contributed by atoms with van der Waals surface area (Å²) in [7, 11) is 0. The maximum Gasteiger partial charge on any atom is 0.168 e. The van der Waals surface area contributed by atoms with Crippen LogP contribution < -0.4 is 4.74 Å². The summed E-state index contributed by atoms with van der Waals surface area (Å²) in [6.07, 6.45) is 8.57. The van der Waals surface area contributed by atoms with Gasteiger partial charge in [-0.05, 0) is 55.0 Å². The molecule has 0 saturated carbocycles. The molecule has 0 atom stereocenters. The van der Waals surface area contributed by atoms with Crippen LogP contribution in [0.5, 0.6) is 5.75 Å². The van der Waals surface area contributed by atoms with E-state index >= 15 is 0 Å². The van der Waals surface area contributed by atoms with Crippen LogP contribution in [0, 0.1) is 0 Å². The lowest BCUT2D eigenvalue weighted by Crippen LogP contribution is -2.04. The molecule has 0 spiro atoms. The Morgan fingerprint density at radius 2 is 1.90 bits per heavy atom. The third-order valence-electron chi connectivity index (χ3n) is 5.04. The highest BCUT2D eigenvalue weighted by atomic mass is 32.2. The minimum Gasteiger partial charge on any atom is -0.486 e. The Hall–Kier alpha value is -2.44. The van der Waals surface area contributed by atoms with Gasteiger partial charge >= 0.3 is 0 Å². The molecule has 0 fully saturated rings. The van der Waals surface area contributed by atoms with Gasteiger partial charge in [0.05, 0.1) is 0 Å². The van der Waals surface area contributed by atoms with Crippen LogP contribution in [-0.2, 0) is 25.2 Å². The van der Waals surface area contributed by atoms with Gasteiger partial charge in [-0.2, -0.15) is 0 Å². The first kappa shape index (κ1) is 18.6. The Bertz CT molecular complexity index is 1110. The van der Waals surface area contributed by atoms with Crippen LogP contribution in [0.2, 0.25) is 0 Å². The number of rotatable bonds is 6. The number of fused-ring (bicyclic) bond motifs is 3. The second-order valence-electron chi connectivity index (χ2n) is 7.09. The monoisotopic (exact) mass is 419 g/mol. The standard InChI is InChI=1S/C23H21N3OS2/c1-2-8-17(9-3-1)27-14-20-25-22(28-15-16-7-6-12-24-13-16)21-18-10-4-5-11-19(18)29-23(21)26-20/h1-3,6-9,12-13H,4-5,10-11,14-15H2. The molecule has 0 bridgehead atoms. The van der Waals surface area contributed by atoms with Gasteiger partial charge in [0.25, 0.3) is 0 Å². The fourth-order valence-corrected chi connectivity index (χ4v) is 5.99. The number of para-hydroxylation sites is 1. The van der Waals surface area contributed by atoms with Crippen molar-refractivity contribution in [2.75, 3.05) is 0 Å². The maximum atomic E-state index is 5.92. The van der Waals surface area contributed by atoms with E-state index in [9.17, 15) is 0 Å². The SMILES string of the molecule is c1ccc(OCc2nc(SCc3cccnc3)c3c4c(sc3n2)CCCC4)cc1. The highest BCUT2D eigenvalue weighted by Gasteiger charge is 2.21. The number of benzene rings is 1. The number of pyridine rings is 1. The maximum absolute atomic E-state index is 5.92. The van der Waals surface area contributed by atoms with Crippen LogP contribution >= 0.6 is 23.1 Å². The average molecular weight is 420 g/mol. The largest absolute Gasteiger partial charge is 0.486 e. The first-order chi connectivity index (χ1) is 14.4. The Kier molecular flexibility index (Phi) is 5.45. The van der Waals surface area contributed by atoms with Gasteiger partial charge in [-0.3, -0.25) is 4.98 Å². The molecule has 0 aliphatic heterocycles. The second-order valence-corrected chi connectivity index (χ2v) is 9.14. The van der Waals surface area contributed by atoms with Gasteiger partial charge in [0.15, 0.2) is 5.82 Å². The van der Waals surface area contributed by atoms with Crippen LogP contribution in [0.3, 0.4) is 0 Å². The quantitative estimate of drug-likeness (QED) is 0.290. The zero-order valence-corrected chi connectivity index (χ0v) is 17.6. The van der Waals surface area contributed by atoms with E-state index < -0.39 is 0 Å². The molecule has 146 valence electrons. The van der Waals surface area contributed by atoms with Crippen molar-refractivity contribution in [2.45, 2.75) is 43.1 Å². The van der Waals surface area contributed by atoms with Crippen molar-refractivity contribution in [1.82, 2.24) is 15.0 Å². The smallest absolute Gasteiger partial charge is 0.168 e. The lowest BCUT2D eigenvalue weighted by molar-refractivity contribution is 0.295. The van der Waals surface area contributed by atoms with Gasteiger partial charge in [0.1, 0.15) is 22.2 Å². The van der Waals surface area contributed by atoms with Crippen molar-refractivity contribution >= 4 is 33.3 Å². The van der Waals surface area contributed by atoms with Crippen molar-refractivity contribution in [3.63, 3.8) is 0 Å². The summed E-state index contributed by atoms with van der Waals surface area (Å²) in [4.78, 5) is 16.6. The molecule has 1 aromatic carbocycles. The van der Waals surface area contributed by atoms with Crippen LogP contribution in [0.15, 0.2) is 59.9 Å². The molecule has 4 nitrogen and oxygen atoms in total. The molecule has 0 amide bonds. The van der Waals surface area contributed by atoms with E-state index in [-0.39, 0.29) is 0 Å². The number of hydrogen-bond acceptors (Lipinski definition) is 6. The van der Waals surface area contributed by atoms with E-state index in [4.69, 9.17) is 14.7 Å². The molecule has 3 heterocycles. The molecule has 0 N–H and O–H groups in total. The number of aryl methyl sites for hydroxylation is 2. The van der Waals surface area contributed by atoms with E-state index in [1.165, 1.54) is 40.7 Å². The van der Waals surface area contributed by atoms with Crippen LogP contribution in [0.1, 0.15) is 34.7 Å². The molecule has 3 aromatic heterocycles. The van der Waals surface area contributed by atoms with Crippen LogP contribution in [0.4, 0.5) is 0 Å². The van der Waals surface area contributed by atoms with Crippen molar-refractivity contribution in [3.8, 4) is 5.75 Å². The summed E-state index contributed by atoms with van der Waals surface area (Å²) >= 11 is 3.62. The summed E-state index contributed by atoms with van der Waals surface area (Å²) in [5.41, 5.74) is 2.68. The summed E-state index contributed by atoms with van der Waals surface area (Å²) in [5.74, 6) is 2.43. The van der Waals surface area contributed by atoms with E-state index in [0.717, 1.165) is 33.6 Å². The third-order valence-corrected chi connectivity index (χ3v) is 7.27. The Labute approximate surface area is 178 Å².